The number of amides is 3. The Balaban J connectivity index is 0.00000260. The molecule has 39 heavy (non-hydrogen) atoms. The molecule has 9 nitrogen and oxygen atoms in total. The van der Waals surface area contributed by atoms with Crippen LogP contribution in [0.4, 0.5) is 0 Å². The van der Waals surface area contributed by atoms with Gasteiger partial charge >= 0.3 is 0 Å². The normalized spacial score (nSPS) is 15.1. The van der Waals surface area contributed by atoms with Crippen molar-refractivity contribution in [1.29, 1.82) is 0 Å². The van der Waals surface area contributed by atoms with Crippen LogP contribution in [0.5, 0.6) is 0 Å². The van der Waals surface area contributed by atoms with Crippen LogP contribution in [0.2, 0.25) is 0 Å². The van der Waals surface area contributed by atoms with Crippen molar-refractivity contribution in [3.63, 3.8) is 0 Å². The van der Waals surface area contributed by atoms with Gasteiger partial charge < -0.3 is 25.2 Å². The lowest BCUT2D eigenvalue weighted by molar-refractivity contribution is -0.121. The number of nitrogens with zero attached hydrogens (tertiary/aromatic N) is 2. The lowest BCUT2D eigenvalue weighted by atomic mass is 10.00. The molecular formula is C29H36N4O5S. The number of benzene rings is 2. The zero-order valence-corrected chi connectivity index (χ0v) is 23.8. The summed E-state index contributed by atoms with van der Waals surface area (Å²) in [7, 11) is 5.20. The molecule has 2 atom stereocenters. The van der Waals surface area contributed by atoms with Crippen LogP contribution in [0, 0.1) is 0 Å². The molecule has 0 bridgehead atoms. The van der Waals surface area contributed by atoms with Gasteiger partial charge in [0.05, 0.1) is 10.5 Å². The van der Waals surface area contributed by atoms with Crippen molar-refractivity contribution in [1.82, 2.24) is 20.4 Å². The van der Waals surface area contributed by atoms with E-state index < -0.39 is 0 Å². The minimum absolute atomic E-state index is 0.00867. The van der Waals surface area contributed by atoms with E-state index >= 15 is 0 Å². The third kappa shape index (κ3) is 7.57. The quantitative estimate of drug-likeness (QED) is 0.433. The number of carbonyl (C=O) groups is 5. The molecule has 1 aliphatic heterocycles. The van der Waals surface area contributed by atoms with E-state index in [-0.39, 0.29) is 46.8 Å². The number of nitrogens with one attached hydrogen (secondary N) is 2. The van der Waals surface area contributed by atoms with Crippen molar-refractivity contribution < 1.29 is 24.0 Å². The van der Waals surface area contributed by atoms with Crippen molar-refractivity contribution in [3.8, 4) is 0 Å². The van der Waals surface area contributed by atoms with Crippen LogP contribution in [0.25, 0.3) is 0 Å². The minimum Gasteiger partial charge on any atom is -0.361 e. The molecule has 208 valence electrons. The first kappa shape index (κ1) is 31.3. The van der Waals surface area contributed by atoms with Crippen LogP contribution in [-0.2, 0) is 20.9 Å². The highest BCUT2D eigenvalue weighted by Gasteiger charge is 2.32. The number of rotatable bonds is 10. The second-order valence-electron chi connectivity index (χ2n) is 9.06. The van der Waals surface area contributed by atoms with E-state index in [1.165, 1.54) is 16.7 Å². The van der Waals surface area contributed by atoms with Crippen LogP contribution >= 0.6 is 11.8 Å². The van der Waals surface area contributed by atoms with Gasteiger partial charge in [-0.25, -0.2) is 0 Å². The van der Waals surface area contributed by atoms with E-state index in [2.05, 4.69) is 15.5 Å². The van der Waals surface area contributed by atoms with Gasteiger partial charge in [-0.2, -0.15) is 0 Å². The summed E-state index contributed by atoms with van der Waals surface area (Å²) in [6, 6.07) is 14.9. The molecule has 0 spiro atoms. The van der Waals surface area contributed by atoms with Gasteiger partial charge in [-0.05, 0) is 37.5 Å². The molecule has 2 unspecified atom stereocenters. The van der Waals surface area contributed by atoms with Crippen LogP contribution in [0.15, 0.2) is 59.1 Å². The third-order valence-corrected chi connectivity index (χ3v) is 8.29. The van der Waals surface area contributed by atoms with E-state index in [9.17, 15) is 19.2 Å². The Morgan fingerprint density at radius 1 is 1.13 bits per heavy atom. The van der Waals surface area contributed by atoms with Gasteiger partial charge in [-0.3, -0.25) is 19.2 Å². The number of allylic oxidation sites excluding steroid dienone is 1. The molecule has 0 saturated heterocycles. The molecule has 2 aromatic rings. The SMILES string of the molecule is C=O.CNC(=O)CCC(C)N(C)C(=O)c1cccc(CNC(=O)C2=C(C)N(C)C(c3ccccc3)S2)c1C=O. The van der Waals surface area contributed by atoms with Gasteiger partial charge in [0.25, 0.3) is 11.8 Å². The molecular weight excluding hydrogens is 516 g/mol. The molecule has 0 fully saturated rings. The number of thioether (sulfide) groups is 1. The molecule has 0 aromatic heterocycles. The summed E-state index contributed by atoms with van der Waals surface area (Å²) in [5, 5.41) is 5.51. The first-order chi connectivity index (χ1) is 18.7. The van der Waals surface area contributed by atoms with Crippen LogP contribution in [-0.4, -0.2) is 67.8 Å². The molecule has 1 heterocycles. The molecule has 10 heteroatoms. The standard InChI is InChI=1S/C28H34N4O4S.CH2O/c1-18(14-15-24(34)29-3)31(4)27(36)22-13-9-12-21(23(22)17-33)16-30-26(35)25-19(2)32(5)28(37-25)20-10-7-6-8-11-20;1-2/h6-13,17-18,28H,14-16H2,1-5H3,(H,29,34)(H,30,35);1H2. The molecule has 0 radical (unpaired) electrons. The summed E-state index contributed by atoms with van der Waals surface area (Å²) in [5.74, 6) is -0.621. The maximum Gasteiger partial charge on any atom is 0.259 e. The van der Waals surface area contributed by atoms with E-state index in [1.54, 1.807) is 32.3 Å². The molecule has 3 rings (SSSR count). The fraction of sp³-hybridized carbons (Fsp3) is 0.345. The second kappa shape index (κ2) is 14.9. The topological polar surface area (TPSA) is 116 Å². The molecule has 0 aliphatic carbocycles. The zero-order chi connectivity index (χ0) is 29.1. The van der Waals surface area contributed by atoms with Crippen molar-refractivity contribution >= 4 is 42.6 Å². The Morgan fingerprint density at radius 2 is 1.79 bits per heavy atom. The van der Waals surface area contributed by atoms with Crippen molar-refractivity contribution in [3.05, 3.63) is 81.4 Å². The highest BCUT2D eigenvalue weighted by atomic mass is 32.2. The Labute approximate surface area is 234 Å². The van der Waals surface area contributed by atoms with Crippen LogP contribution in [0.1, 0.15) is 63.9 Å². The average molecular weight is 553 g/mol. The highest BCUT2D eigenvalue weighted by Crippen LogP contribution is 2.46. The largest absolute Gasteiger partial charge is 0.361 e. The fourth-order valence-electron chi connectivity index (χ4n) is 4.14. The summed E-state index contributed by atoms with van der Waals surface area (Å²) in [5.41, 5.74) is 3.08. The Hall–Kier alpha value is -3.92. The first-order valence-corrected chi connectivity index (χ1v) is 13.3. The van der Waals surface area contributed by atoms with Gasteiger partial charge in [-0.15, -0.1) is 0 Å². The monoisotopic (exact) mass is 552 g/mol. The summed E-state index contributed by atoms with van der Waals surface area (Å²) in [4.78, 5) is 62.1. The van der Waals surface area contributed by atoms with E-state index in [1.807, 2.05) is 58.0 Å². The van der Waals surface area contributed by atoms with Gasteiger partial charge in [0.1, 0.15) is 12.2 Å². The fourth-order valence-corrected chi connectivity index (χ4v) is 5.46. The van der Waals surface area contributed by atoms with Gasteiger partial charge in [0, 0.05) is 51.4 Å². The summed E-state index contributed by atoms with van der Waals surface area (Å²) < 4.78 is 0. The smallest absolute Gasteiger partial charge is 0.259 e. The summed E-state index contributed by atoms with van der Waals surface area (Å²) in [6.45, 7) is 5.89. The van der Waals surface area contributed by atoms with Crippen molar-refractivity contribution in [2.75, 3.05) is 21.1 Å². The van der Waals surface area contributed by atoms with E-state index in [0.29, 0.717) is 29.6 Å². The summed E-state index contributed by atoms with van der Waals surface area (Å²) in [6.07, 6.45) is 1.46. The average Bonchev–Trinajstić information content (AvgIpc) is 3.28. The highest BCUT2D eigenvalue weighted by molar-refractivity contribution is 8.04. The number of carbonyl (C=O) groups excluding carboxylic acids is 5. The van der Waals surface area contributed by atoms with Crippen molar-refractivity contribution in [2.45, 2.75) is 44.6 Å². The zero-order valence-electron chi connectivity index (χ0n) is 23.0. The van der Waals surface area contributed by atoms with Gasteiger partial charge in [-0.1, -0.05) is 54.2 Å². The lowest BCUT2D eigenvalue weighted by Crippen LogP contribution is -2.36. The lowest BCUT2D eigenvalue weighted by Gasteiger charge is -2.25. The second-order valence-corrected chi connectivity index (χ2v) is 10.2. The van der Waals surface area contributed by atoms with Gasteiger partial charge in [0.2, 0.25) is 5.91 Å². The Bertz CT molecular complexity index is 1220. The minimum atomic E-state index is -0.308. The van der Waals surface area contributed by atoms with E-state index in [4.69, 9.17) is 4.79 Å². The number of hydrogen-bond donors (Lipinski definition) is 2. The molecule has 3 amide bonds. The maximum atomic E-state index is 13.2. The third-order valence-electron chi connectivity index (χ3n) is 6.76. The Kier molecular flexibility index (Phi) is 11.9. The maximum absolute atomic E-state index is 13.2. The molecule has 1 aliphatic rings. The number of hydrogen-bond acceptors (Lipinski definition) is 7. The predicted molar refractivity (Wildman–Crippen MR) is 153 cm³/mol. The summed E-state index contributed by atoms with van der Waals surface area (Å²) >= 11 is 1.49. The Morgan fingerprint density at radius 3 is 2.41 bits per heavy atom. The molecule has 2 N–H and O–H groups in total. The van der Waals surface area contributed by atoms with Crippen LogP contribution < -0.4 is 10.6 Å². The van der Waals surface area contributed by atoms with E-state index in [0.717, 1.165) is 11.3 Å². The number of aldehydes is 1. The predicted octanol–water partition coefficient (Wildman–Crippen LogP) is 3.53. The first-order valence-electron chi connectivity index (χ1n) is 12.5. The molecule has 2 aromatic carbocycles. The van der Waals surface area contributed by atoms with Crippen molar-refractivity contribution in [2.24, 2.45) is 0 Å². The van der Waals surface area contributed by atoms with Gasteiger partial charge in [0.15, 0.2) is 6.29 Å². The molecule has 0 saturated carbocycles. The van der Waals surface area contributed by atoms with Crippen LogP contribution in [0.3, 0.4) is 0 Å².